The van der Waals surface area contributed by atoms with Crippen molar-refractivity contribution in [3.63, 3.8) is 0 Å². The minimum absolute atomic E-state index is 0.165. The first-order valence-corrected chi connectivity index (χ1v) is 10.4. The first-order chi connectivity index (χ1) is 14.5. The second-order valence-electron chi connectivity index (χ2n) is 8.37. The Morgan fingerprint density at radius 3 is 2.53 bits per heavy atom. The molecule has 4 heterocycles. The monoisotopic (exact) mass is 417 g/mol. The van der Waals surface area contributed by atoms with Crippen LogP contribution < -0.4 is 5.32 Å². The van der Waals surface area contributed by atoms with E-state index in [-0.39, 0.29) is 18.0 Å². The molecule has 3 fully saturated rings. The zero-order valence-electron chi connectivity index (χ0n) is 16.7. The molecular weight excluding hydrogens is 392 g/mol. The molecule has 2 bridgehead atoms. The number of amidine groups is 1. The number of anilines is 1. The van der Waals surface area contributed by atoms with Crippen LogP contribution in [0, 0.1) is 11.3 Å². The largest absolute Gasteiger partial charge is 0.374 e. The number of amides is 1. The molecule has 2 aliphatic heterocycles. The highest BCUT2D eigenvalue weighted by atomic mass is 19.3. The highest BCUT2D eigenvalue weighted by Gasteiger charge is 2.47. The number of carbonyl (C=O) groups is 1. The molecule has 5 rings (SSSR count). The third-order valence-corrected chi connectivity index (χ3v) is 6.41. The molecule has 0 radical (unpaired) electrons. The number of aromatic nitrogens is 3. The van der Waals surface area contributed by atoms with Crippen LogP contribution in [0.25, 0.3) is 11.3 Å². The lowest BCUT2D eigenvalue weighted by Gasteiger charge is -2.42. The molecule has 0 spiro atoms. The predicted molar refractivity (Wildman–Crippen MR) is 108 cm³/mol. The molecule has 2 aromatic heterocycles. The first-order valence-electron chi connectivity index (χ1n) is 10.4. The highest BCUT2D eigenvalue weighted by molar-refractivity contribution is 6.02. The van der Waals surface area contributed by atoms with Crippen molar-refractivity contribution in [3.05, 3.63) is 24.0 Å². The summed E-state index contributed by atoms with van der Waals surface area (Å²) < 4.78 is 26.3. The van der Waals surface area contributed by atoms with Crippen LogP contribution in [0.5, 0.6) is 0 Å². The van der Waals surface area contributed by atoms with Crippen molar-refractivity contribution < 1.29 is 13.6 Å². The average Bonchev–Trinajstić information content (AvgIpc) is 3.19. The highest BCUT2D eigenvalue weighted by Crippen LogP contribution is 2.38. The van der Waals surface area contributed by atoms with Gasteiger partial charge in [-0.2, -0.15) is 13.9 Å². The number of piperazine rings is 1. The summed E-state index contributed by atoms with van der Waals surface area (Å²) in [7, 11) is 1.75. The maximum atomic E-state index is 12.8. The quantitative estimate of drug-likeness (QED) is 0.515. The van der Waals surface area contributed by atoms with Crippen molar-refractivity contribution >= 4 is 17.6 Å². The van der Waals surface area contributed by atoms with Gasteiger partial charge in [-0.15, -0.1) is 0 Å². The van der Waals surface area contributed by atoms with Crippen LogP contribution in [-0.4, -0.2) is 68.5 Å². The van der Waals surface area contributed by atoms with E-state index in [2.05, 4.69) is 20.3 Å². The normalized spacial score (nSPS) is 23.3. The number of hydrogen-bond acceptors (Lipinski definition) is 4. The number of likely N-dealkylation sites (tertiary alicyclic amines) is 1. The number of nitrogens with zero attached hydrogens (tertiary/aromatic N) is 4. The third kappa shape index (κ3) is 3.14. The summed E-state index contributed by atoms with van der Waals surface area (Å²) in [6.07, 6.45) is 6.65. The van der Waals surface area contributed by atoms with Crippen molar-refractivity contribution in [1.29, 1.82) is 5.41 Å². The molecule has 2 unspecified atom stereocenters. The molecule has 0 aromatic carbocycles. The third-order valence-electron chi connectivity index (χ3n) is 6.41. The van der Waals surface area contributed by atoms with Gasteiger partial charge < -0.3 is 20.1 Å². The Hall–Kier alpha value is -2.91. The fourth-order valence-electron chi connectivity index (χ4n) is 4.73. The van der Waals surface area contributed by atoms with Crippen LogP contribution in [0.2, 0.25) is 0 Å². The Morgan fingerprint density at radius 2 is 1.97 bits per heavy atom. The fourth-order valence-corrected chi connectivity index (χ4v) is 4.73. The lowest BCUT2D eigenvalue weighted by Crippen LogP contribution is -2.57. The number of nitrogens with one attached hydrogen (secondary N) is 3. The van der Waals surface area contributed by atoms with Gasteiger partial charge in [0, 0.05) is 49.9 Å². The second-order valence-corrected chi connectivity index (χ2v) is 8.37. The van der Waals surface area contributed by atoms with Gasteiger partial charge in [-0.1, -0.05) is 0 Å². The molecule has 2 atom stereocenters. The molecule has 160 valence electrons. The van der Waals surface area contributed by atoms with Gasteiger partial charge in [0.2, 0.25) is 5.91 Å². The lowest BCUT2D eigenvalue weighted by atomic mass is 10.1. The smallest absolute Gasteiger partial charge is 0.333 e. The molecular formula is C20H25F2N7O. The van der Waals surface area contributed by atoms with E-state index in [4.69, 9.17) is 5.41 Å². The molecule has 2 saturated heterocycles. The van der Waals surface area contributed by atoms with Gasteiger partial charge in [0.15, 0.2) is 0 Å². The number of fused-ring (bicyclic) bond motifs is 2. The lowest BCUT2D eigenvalue weighted by molar-refractivity contribution is -0.137. The summed E-state index contributed by atoms with van der Waals surface area (Å²) in [5.74, 6) is 1.54. The summed E-state index contributed by atoms with van der Waals surface area (Å²) in [5, 5.41) is 15.6. The summed E-state index contributed by atoms with van der Waals surface area (Å²) >= 11 is 0. The molecule has 3 N–H and O–H groups in total. The van der Waals surface area contributed by atoms with Gasteiger partial charge in [-0.25, -0.2) is 4.68 Å². The van der Waals surface area contributed by atoms with Gasteiger partial charge in [-0.05, 0) is 31.7 Å². The number of halogens is 2. The van der Waals surface area contributed by atoms with E-state index in [1.54, 1.807) is 13.1 Å². The standard InChI is InChI=1S/C20H25F2N7O/c1-24-18-15(6-16(26-18)12-7-25-28(8-12)20(21)22)17(23)27-9-13-4-5-14(10-27)29(13)19(30)11-2-3-11/h6-8,11,13-14,20,23-24,26H,2-5,9-10H2,1H3. The summed E-state index contributed by atoms with van der Waals surface area (Å²) in [4.78, 5) is 19.9. The summed E-state index contributed by atoms with van der Waals surface area (Å²) in [6.45, 7) is -1.39. The molecule has 1 saturated carbocycles. The van der Waals surface area contributed by atoms with Crippen LogP contribution in [0.4, 0.5) is 14.6 Å². The van der Waals surface area contributed by atoms with Crippen molar-refractivity contribution in [1.82, 2.24) is 24.6 Å². The number of hydrogen-bond donors (Lipinski definition) is 3. The second kappa shape index (κ2) is 7.10. The number of aromatic amines is 1. The molecule has 10 heteroatoms. The van der Waals surface area contributed by atoms with Crippen molar-refractivity contribution in [2.24, 2.45) is 5.92 Å². The fraction of sp³-hybridized carbons (Fsp3) is 0.550. The Kier molecular flexibility index (Phi) is 4.52. The maximum absolute atomic E-state index is 12.8. The van der Waals surface area contributed by atoms with Crippen LogP contribution in [0.15, 0.2) is 18.5 Å². The van der Waals surface area contributed by atoms with Gasteiger partial charge in [0.1, 0.15) is 11.7 Å². The Labute approximate surface area is 172 Å². The Bertz CT molecular complexity index is 966. The van der Waals surface area contributed by atoms with Gasteiger partial charge in [0.05, 0.1) is 17.5 Å². The molecule has 1 aliphatic carbocycles. The minimum atomic E-state index is -2.69. The zero-order chi connectivity index (χ0) is 21.0. The average molecular weight is 417 g/mol. The zero-order valence-corrected chi connectivity index (χ0v) is 16.7. The van der Waals surface area contributed by atoms with E-state index in [0.717, 1.165) is 25.7 Å². The summed E-state index contributed by atoms with van der Waals surface area (Å²) in [6, 6.07) is 2.13. The Morgan fingerprint density at radius 1 is 1.27 bits per heavy atom. The van der Waals surface area contributed by atoms with Crippen LogP contribution in [-0.2, 0) is 4.79 Å². The summed E-state index contributed by atoms with van der Waals surface area (Å²) in [5.41, 5.74) is 1.83. The SMILES string of the molecule is CNc1[nH]c(-c2cnn(C(F)F)c2)cc1C(=N)N1CC2CCC(C1)N2C(=O)C1CC1. The molecule has 3 aliphatic rings. The molecule has 8 nitrogen and oxygen atoms in total. The number of carbonyl (C=O) groups excluding carboxylic acids is 1. The van der Waals surface area contributed by atoms with Crippen molar-refractivity contribution in [2.45, 2.75) is 44.3 Å². The van der Waals surface area contributed by atoms with Crippen molar-refractivity contribution in [2.75, 3.05) is 25.5 Å². The Balaban J connectivity index is 1.36. The first kappa shape index (κ1) is 19.1. The predicted octanol–water partition coefficient (Wildman–Crippen LogP) is 2.73. The van der Waals surface area contributed by atoms with E-state index < -0.39 is 6.55 Å². The number of H-pyrrole nitrogens is 1. The van der Waals surface area contributed by atoms with Crippen LogP contribution in [0.1, 0.15) is 37.8 Å². The topological polar surface area (TPSA) is 93.0 Å². The maximum Gasteiger partial charge on any atom is 0.333 e. The van der Waals surface area contributed by atoms with Crippen molar-refractivity contribution in [3.8, 4) is 11.3 Å². The van der Waals surface area contributed by atoms with E-state index in [1.807, 2.05) is 4.90 Å². The van der Waals surface area contributed by atoms with Gasteiger partial charge in [0.25, 0.3) is 0 Å². The number of rotatable bonds is 5. The van der Waals surface area contributed by atoms with E-state index in [0.29, 0.717) is 52.2 Å². The van der Waals surface area contributed by atoms with E-state index in [1.165, 1.54) is 12.4 Å². The van der Waals surface area contributed by atoms with Crippen LogP contribution >= 0.6 is 0 Å². The molecule has 2 aromatic rings. The van der Waals surface area contributed by atoms with E-state index >= 15 is 0 Å². The van der Waals surface area contributed by atoms with Crippen LogP contribution in [0.3, 0.4) is 0 Å². The number of alkyl halides is 2. The minimum Gasteiger partial charge on any atom is -0.374 e. The van der Waals surface area contributed by atoms with Gasteiger partial charge in [-0.3, -0.25) is 10.2 Å². The van der Waals surface area contributed by atoms with Gasteiger partial charge >= 0.3 is 6.55 Å². The molecule has 30 heavy (non-hydrogen) atoms. The molecule has 1 amide bonds. The van der Waals surface area contributed by atoms with E-state index in [9.17, 15) is 13.6 Å².